The Kier molecular flexibility index (Phi) is 5.80. The van der Waals surface area contributed by atoms with Gasteiger partial charge >= 0.3 is 0 Å². The molecule has 138 valence electrons. The number of piperidine rings is 2. The van der Waals surface area contributed by atoms with Crippen LogP contribution in [0.25, 0.3) is 0 Å². The average Bonchev–Trinajstić information content (AvgIpc) is 2.60. The number of aliphatic hydroxyl groups is 1. The molecule has 1 amide bonds. The maximum absolute atomic E-state index is 12.2. The molecule has 0 saturated carbocycles. The van der Waals surface area contributed by atoms with Crippen LogP contribution in [0.5, 0.6) is 0 Å². The van der Waals surface area contributed by atoms with E-state index in [0.717, 1.165) is 32.6 Å². The Morgan fingerprint density at radius 1 is 1.16 bits per heavy atom. The highest BCUT2D eigenvalue weighted by atomic mass is 16.3. The molecule has 25 heavy (non-hydrogen) atoms. The fourth-order valence-electron chi connectivity index (χ4n) is 4.67. The van der Waals surface area contributed by atoms with Gasteiger partial charge in [0.25, 0.3) is 0 Å². The van der Waals surface area contributed by atoms with Crippen molar-refractivity contribution in [1.82, 2.24) is 9.80 Å². The second kappa shape index (κ2) is 7.88. The molecule has 0 bridgehead atoms. The lowest BCUT2D eigenvalue weighted by Gasteiger charge is -2.48. The van der Waals surface area contributed by atoms with E-state index in [0.29, 0.717) is 19.4 Å². The van der Waals surface area contributed by atoms with E-state index in [1.54, 1.807) is 0 Å². The number of likely N-dealkylation sites (tertiary alicyclic amines) is 2. The summed E-state index contributed by atoms with van der Waals surface area (Å²) in [5, 5.41) is 9.10. The molecule has 1 N–H and O–H groups in total. The molecule has 0 radical (unpaired) electrons. The molecule has 1 aromatic rings. The van der Waals surface area contributed by atoms with Crippen LogP contribution in [0.1, 0.15) is 48.8 Å². The van der Waals surface area contributed by atoms with Gasteiger partial charge in [-0.25, -0.2) is 0 Å². The summed E-state index contributed by atoms with van der Waals surface area (Å²) < 4.78 is 0. The summed E-state index contributed by atoms with van der Waals surface area (Å²) >= 11 is 0. The van der Waals surface area contributed by atoms with Crippen molar-refractivity contribution in [1.29, 1.82) is 0 Å². The lowest BCUT2D eigenvalue weighted by Crippen LogP contribution is -2.54. The summed E-state index contributed by atoms with van der Waals surface area (Å²) in [5.41, 5.74) is 4.47. The topological polar surface area (TPSA) is 43.8 Å². The zero-order valence-corrected chi connectivity index (χ0v) is 15.8. The maximum atomic E-state index is 12.2. The van der Waals surface area contributed by atoms with Crippen LogP contribution >= 0.6 is 0 Å². The third-order valence-electron chi connectivity index (χ3n) is 6.10. The summed E-state index contributed by atoms with van der Waals surface area (Å²) in [6.07, 6.45) is 4.81. The van der Waals surface area contributed by atoms with E-state index >= 15 is 0 Å². The number of hydrogen-bond donors (Lipinski definition) is 1. The zero-order chi connectivity index (χ0) is 17.9. The van der Waals surface area contributed by atoms with Crippen LogP contribution in [0.4, 0.5) is 0 Å². The second-order valence-electron chi connectivity index (χ2n) is 8.08. The van der Waals surface area contributed by atoms with Gasteiger partial charge in [-0.05, 0) is 62.8 Å². The number of aryl methyl sites for hydroxylation is 2. The lowest BCUT2D eigenvalue weighted by atomic mass is 9.73. The standard InChI is InChI=1S/C21H32N2O2/c1-17-6-3-7-18(2)19(17)14-22-11-4-9-21(15-22)10-8-20(25)23(16-21)12-5-13-24/h3,6-7,24H,4-5,8-16H2,1-2H3/t21-/m0/s1. The minimum Gasteiger partial charge on any atom is -0.396 e. The van der Waals surface area contributed by atoms with Crippen LogP contribution in [-0.2, 0) is 11.3 Å². The third-order valence-corrected chi connectivity index (χ3v) is 6.10. The summed E-state index contributed by atoms with van der Waals surface area (Å²) in [5.74, 6) is 0.269. The molecule has 2 heterocycles. The van der Waals surface area contributed by atoms with Crippen molar-refractivity contribution in [3.8, 4) is 0 Å². The van der Waals surface area contributed by atoms with Crippen LogP contribution in [0.15, 0.2) is 18.2 Å². The Morgan fingerprint density at radius 3 is 2.64 bits per heavy atom. The Morgan fingerprint density at radius 2 is 1.92 bits per heavy atom. The predicted molar refractivity (Wildman–Crippen MR) is 100 cm³/mol. The van der Waals surface area contributed by atoms with Gasteiger partial charge in [0.15, 0.2) is 0 Å². The molecular formula is C21H32N2O2. The molecule has 1 aromatic carbocycles. The van der Waals surface area contributed by atoms with Crippen molar-refractivity contribution >= 4 is 5.91 Å². The molecule has 0 aliphatic carbocycles. The van der Waals surface area contributed by atoms with Crippen molar-refractivity contribution < 1.29 is 9.90 Å². The molecule has 2 saturated heterocycles. The Labute approximate surface area is 151 Å². The first-order valence-corrected chi connectivity index (χ1v) is 9.69. The van der Waals surface area contributed by atoms with Crippen LogP contribution in [-0.4, -0.2) is 53.6 Å². The van der Waals surface area contributed by atoms with E-state index in [-0.39, 0.29) is 17.9 Å². The second-order valence-corrected chi connectivity index (χ2v) is 8.08. The largest absolute Gasteiger partial charge is 0.396 e. The first-order chi connectivity index (χ1) is 12.0. The van der Waals surface area contributed by atoms with Crippen LogP contribution < -0.4 is 0 Å². The third kappa shape index (κ3) is 4.24. The molecular weight excluding hydrogens is 312 g/mol. The van der Waals surface area contributed by atoms with Gasteiger partial charge in [0.1, 0.15) is 0 Å². The smallest absolute Gasteiger partial charge is 0.222 e. The van der Waals surface area contributed by atoms with Crippen molar-refractivity contribution in [2.24, 2.45) is 5.41 Å². The average molecular weight is 344 g/mol. The first kappa shape index (κ1) is 18.4. The van der Waals surface area contributed by atoms with Crippen molar-refractivity contribution in [2.45, 2.75) is 52.5 Å². The molecule has 3 rings (SSSR count). The molecule has 2 fully saturated rings. The maximum Gasteiger partial charge on any atom is 0.222 e. The quantitative estimate of drug-likeness (QED) is 0.893. The summed E-state index contributed by atoms with van der Waals surface area (Å²) in [6, 6.07) is 6.55. The molecule has 0 unspecified atom stereocenters. The SMILES string of the molecule is Cc1cccc(C)c1CN1CCC[C@]2(CCC(=O)N(CCCO)C2)C1. The monoisotopic (exact) mass is 344 g/mol. The van der Waals surface area contributed by atoms with E-state index in [9.17, 15) is 4.79 Å². The summed E-state index contributed by atoms with van der Waals surface area (Å²) in [6.45, 7) is 9.41. The van der Waals surface area contributed by atoms with Gasteiger partial charge < -0.3 is 10.0 Å². The Bertz CT molecular complexity index is 596. The summed E-state index contributed by atoms with van der Waals surface area (Å²) in [4.78, 5) is 16.8. The molecule has 4 nitrogen and oxygen atoms in total. The number of rotatable bonds is 5. The molecule has 2 aliphatic heterocycles. The predicted octanol–water partition coefficient (Wildman–Crippen LogP) is 2.89. The van der Waals surface area contributed by atoms with E-state index < -0.39 is 0 Å². The molecule has 1 atom stereocenters. The van der Waals surface area contributed by atoms with Gasteiger partial charge in [-0.1, -0.05) is 18.2 Å². The summed E-state index contributed by atoms with van der Waals surface area (Å²) in [7, 11) is 0. The number of benzene rings is 1. The normalized spacial score (nSPS) is 24.9. The van der Waals surface area contributed by atoms with Gasteiger partial charge in [-0.2, -0.15) is 0 Å². The van der Waals surface area contributed by atoms with Gasteiger partial charge in [0.2, 0.25) is 5.91 Å². The van der Waals surface area contributed by atoms with E-state index in [1.165, 1.54) is 29.5 Å². The Balaban J connectivity index is 1.69. The molecule has 4 heteroatoms. The first-order valence-electron chi connectivity index (χ1n) is 9.69. The lowest BCUT2D eigenvalue weighted by molar-refractivity contribution is -0.139. The number of carbonyl (C=O) groups is 1. The van der Waals surface area contributed by atoms with E-state index in [1.807, 2.05) is 4.90 Å². The van der Waals surface area contributed by atoms with Crippen molar-refractivity contribution in [3.63, 3.8) is 0 Å². The zero-order valence-electron chi connectivity index (χ0n) is 15.8. The number of aliphatic hydroxyl groups excluding tert-OH is 1. The van der Waals surface area contributed by atoms with E-state index in [4.69, 9.17) is 5.11 Å². The van der Waals surface area contributed by atoms with Crippen LogP contribution in [0, 0.1) is 19.3 Å². The fraction of sp³-hybridized carbons (Fsp3) is 0.667. The minimum absolute atomic E-state index is 0.162. The highest BCUT2D eigenvalue weighted by Crippen LogP contribution is 2.39. The highest BCUT2D eigenvalue weighted by Gasteiger charge is 2.41. The van der Waals surface area contributed by atoms with Crippen molar-refractivity contribution in [2.75, 3.05) is 32.8 Å². The van der Waals surface area contributed by atoms with Crippen LogP contribution in [0.3, 0.4) is 0 Å². The van der Waals surface area contributed by atoms with Gasteiger partial charge in [-0.15, -0.1) is 0 Å². The van der Waals surface area contributed by atoms with Gasteiger partial charge in [-0.3, -0.25) is 9.69 Å². The van der Waals surface area contributed by atoms with Crippen molar-refractivity contribution in [3.05, 3.63) is 34.9 Å². The number of amides is 1. The van der Waals surface area contributed by atoms with Gasteiger partial charge in [0.05, 0.1) is 0 Å². The van der Waals surface area contributed by atoms with E-state index in [2.05, 4.69) is 36.9 Å². The number of nitrogens with zero attached hydrogens (tertiary/aromatic N) is 2. The number of hydrogen-bond acceptors (Lipinski definition) is 3. The minimum atomic E-state index is 0.162. The number of carbonyl (C=O) groups excluding carboxylic acids is 1. The fourth-order valence-corrected chi connectivity index (χ4v) is 4.67. The molecule has 1 spiro atoms. The highest BCUT2D eigenvalue weighted by molar-refractivity contribution is 5.77. The molecule has 2 aliphatic rings. The van der Waals surface area contributed by atoms with Crippen LogP contribution in [0.2, 0.25) is 0 Å². The Hall–Kier alpha value is -1.39. The molecule has 0 aromatic heterocycles. The van der Waals surface area contributed by atoms with Gasteiger partial charge in [0, 0.05) is 44.6 Å².